The number of hydrogen-bond donors (Lipinski definition) is 1. The van der Waals surface area contributed by atoms with E-state index in [0.29, 0.717) is 11.8 Å². The first-order valence-corrected chi connectivity index (χ1v) is 4.81. The van der Waals surface area contributed by atoms with Crippen LogP contribution in [0.25, 0.3) is 0 Å². The summed E-state index contributed by atoms with van der Waals surface area (Å²) in [6.45, 7) is 0. The lowest BCUT2D eigenvalue weighted by Crippen LogP contribution is -1.80. The van der Waals surface area contributed by atoms with Crippen LogP contribution in [0.5, 0.6) is 5.75 Å². The number of benzene rings is 2. The third-order valence-electron chi connectivity index (χ3n) is 2.04. The highest BCUT2D eigenvalue weighted by Gasteiger charge is 2.09. The van der Waals surface area contributed by atoms with Crippen molar-refractivity contribution in [2.24, 2.45) is 10.2 Å². The third kappa shape index (κ3) is 2.63. The fourth-order valence-electron chi connectivity index (χ4n) is 1.23. The summed E-state index contributed by atoms with van der Waals surface area (Å²) in [5, 5.41) is 16.6. The van der Waals surface area contributed by atoms with Crippen LogP contribution in [0.4, 0.5) is 20.2 Å². The van der Waals surface area contributed by atoms with E-state index in [2.05, 4.69) is 10.2 Å². The molecule has 0 atom stereocenters. The zero-order valence-corrected chi connectivity index (χ0v) is 8.64. The van der Waals surface area contributed by atoms with Crippen molar-refractivity contribution in [3.05, 3.63) is 54.1 Å². The molecule has 17 heavy (non-hydrogen) atoms. The minimum atomic E-state index is -1.06. The number of phenolic OH excluding ortho intramolecular Hbond substituents is 1. The molecule has 0 bridgehead atoms. The molecule has 5 heteroatoms. The molecule has 0 fully saturated rings. The molecule has 0 radical (unpaired) electrons. The molecule has 3 nitrogen and oxygen atoms in total. The molecule has 0 aliphatic heterocycles. The van der Waals surface area contributed by atoms with E-state index in [4.69, 9.17) is 0 Å². The maximum Gasteiger partial charge on any atom is 0.179 e. The second-order valence-electron chi connectivity index (χ2n) is 3.29. The van der Waals surface area contributed by atoms with Crippen LogP contribution in [0, 0.1) is 11.6 Å². The molecule has 1 N–H and O–H groups in total. The lowest BCUT2D eigenvalue weighted by molar-refractivity contribution is 0.429. The van der Waals surface area contributed by atoms with Gasteiger partial charge >= 0.3 is 0 Å². The highest BCUT2D eigenvalue weighted by molar-refractivity contribution is 5.51. The molecule has 86 valence electrons. The molecule has 0 heterocycles. The lowest BCUT2D eigenvalue weighted by Gasteiger charge is -1.99. The average Bonchev–Trinajstić information content (AvgIpc) is 2.33. The summed E-state index contributed by atoms with van der Waals surface area (Å²) in [5.41, 5.74) is 0.280. The van der Waals surface area contributed by atoms with Gasteiger partial charge in [-0.2, -0.15) is 5.11 Å². The lowest BCUT2D eigenvalue weighted by atomic mass is 10.3. The number of halogens is 2. The molecular weight excluding hydrogens is 226 g/mol. The predicted octanol–water partition coefficient (Wildman–Crippen LogP) is 4.09. The maximum atomic E-state index is 13.0. The molecule has 0 amide bonds. The van der Waals surface area contributed by atoms with Gasteiger partial charge in [-0.1, -0.05) is 18.2 Å². The largest absolute Gasteiger partial charge is 0.503 e. The predicted molar refractivity (Wildman–Crippen MR) is 58.6 cm³/mol. The van der Waals surface area contributed by atoms with E-state index in [1.807, 2.05) is 0 Å². The maximum absolute atomic E-state index is 13.0. The van der Waals surface area contributed by atoms with Crippen LogP contribution in [0.15, 0.2) is 52.7 Å². The normalized spacial score (nSPS) is 10.9. The fraction of sp³-hybridized carbons (Fsp3) is 0. The Bertz CT molecular complexity index is 556. The zero-order valence-electron chi connectivity index (χ0n) is 8.64. The van der Waals surface area contributed by atoms with Gasteiger partial charge < -0.3 is 5.11 Å². The van der Waals surface area contributed by atoms with Gasteiger partial charge in [0.15, 0.2) is 11.6 Å². The highest BCUT2D eigenvalue weighted by Crippen LogP contribution is 2.31. The Labute approximate surface area is 96.1 Å². The number of hydrogen-bond acceptors (Lipinski definition) is 3. The van der Waals surface area contributed by atoms with Crippen LogP contribution in [0.1, 0.15) is 0 Å². The van der Waals surface area contributed by atoms with Gasteiger partial charge in [-0.3, -0.25) is 0 Å². The molecule has 0 saturated carbocycles. The quantitative estimate of drug-likeness (QED) is 0.781. The smallest absolute Gasteiger partial charge is 0.179 e. The standard InChI is InChI=1S/C12H8F2N2O/c13-8-6-10(14)12(17)11(7-8)16-15-9-4-2-1-3-5-9/h1-7,17H. The summed E-state index contributed by atoms with van der Waals surface area (Å²) in [4.78, 5) is 0. The van der Waals surface area contributed by atoms with Crippen molar-refractivity contribution in [3.63, 3.8) is 0 Å². The number of rotatable bonds is 2. The molecule has 0 saturated heterocycles. The summed E-state index contributed by atoms with van der Waals surface area (Å²) in [7, 11) is 0. The van der Waals surface area contributed by atoms with Gasteiger partial charge in [0.25, 0.3) is 0 Å². The molecule has 0 aromatic heterocycles. The Morgan fingerprint density at radius 3 is 2.35 bits per heavy atom. The van der Waals surface area contributed by atoms with Gasteiger partial charge in [0.1, 0.15) is 11.5 Å². The Balaban J connectivity index is 2.33. The van der Waals surface area contributed by atoms with Gasteiger partial charge in [-0.05, 0) is 12.1 Å². The van der Waals surface area contributed by atoms with Crippen LogP contribution < -0.4 is 0 Å². The third-order valence-corrected chi connectivity index (χ3v) is 2.04. The summed E-state index contributed by atoms with van der Waals surface area (Å²) in [6, 6.07) is 10.1. The topological polar surface area (TPSA) is 45.0 Å². The molecule has 2 rings (SSSR count). The monoisotopic (exact) mass is 234 g/mol. The average molecular weight is 234 g/mol. The van der Waals surface area contributed by atoms with Crippen molar-refractivity contribution in [2.75, 3.05) is 0 Å². The van der Waals surface area contributed by atoms with Gasteiger partial charge in [0.2, 0.25) is 0 Å². The van der Waals surface area contributed by atoms with Gasteiger partial charge in [-0.15, -0.1) is 5.11 Å². The van der Waals surface area contributed by atoms with E-state index in [9.17, 15) is 13.9 Å². The van der Waals surface area contributed by atoms with Crippen LogP contribution in [0.3, 0.4) is 0 Å². The van der Waals surface area contributed by atoms with Crippen molar-refractivity contribution in [2.45, 2.75) is 0 Å². The molecule has 2 aromatic rings. The number of nitrogens with zero attached hydrogens (tertiary/aromatic N) is 2. The Morgan fingerprint density at radius 1 is 0.941 bits per heavy atom. The second kappa shape index (κ2) is 4.69. The highest BCUT2D eigenvalue weighted by atomic mass is 19.1. The first kappa shape index (κ1) is 11.2. The molecule has 2 aromatic carbocycles. The fourth-order valence-corrected chi connectivity index (χ4v) is 1.23. The molecule has 0 aliphatic rings. The van der Waals surface area contributed by atoms with Crippen molar-refractivity contribution >= 4 is 11.4 Å². The van der Waals surface area contributed by atoms with Gasteiger partial charge in [0, 0.05) is 12.1 Å². The van der Waals surface area contributed by atoms with Gasteiger partial charge in [0.05, 0.1) is 5.69 Å². The second-order valence-corrected chi connectivity index (χ2v) is 3.29. The van der Waals surface area contributed by atoms with Crippen molar-refractivity contribution in [1.82, 2.24) is 0 Å². The number of phenols is 1. The number of azo groups is 1. The minimum absolute atomic E-state index is 0.244. The molecule has 0 spiro atoms. The summed E-state index contributed by atoms with van der Waals surface area (Å²) >= 11 is 0. The number of aromatic hydroxyl groups is 1. The van der Waals surface area contributed by atoms with Crippen LogP contribution in [0.2, 0.25) is 0 Å². The summed E-state index contributed by atoms with van der Waals surface area (Å²) < 4.78 is 25.9. The Hall–Kier alpha value is -2.30. The summed E-state index contributed by atoms with van der Waals surface area (Å²) in [5.74, 6) is -2.60. The van der Waals surface area contributed by atoms with E-state index in [0.717, 1.165) is 6.07 Å². The zero-order chi connectivity index (χ0) is 12.3. The van der Waals surface area contributed by atoms with E-state index >= 15 is 0 Å². The first-order valence-electron chi connectivity index (χ1n) is 4.81. The van der Waals surface area contributed by atoms with Crippen molar-refractivity contribution < 1.29 is 13.9 Å². The van der Waals surface area contributed by atoms with Crippen LogP contribution >= 0.6 is 0 Å². The van der Waals surface area contributed by atoms with Gasteiger partial charge in [-0.25, -0.2) is 8.78 Å². The Morgan fingerprint density at radius 2 is 1.65 bits per heavy atom. The molecular formula is C12H8F2N2O. The molecule has 0 aliphatic carbocycles. The SMILES string of the molecule is Oc1c(F)cc(F)cc1N=Nc1ccccc1. The van der Waals surface area contributed by atoms with E-state index < -0.39 is 17.4 Å². The Kier molecular flexibility index (Phi) is 3.09. The summed E-state index contributed by atoms with van der Waals surface area (Å²) in [6.07, 6.45) is 0. The van der Waals surface area contributed by atoms with E-state index in [-0.39, 0.29) is 5.69 Å². The van der Waals surface area contributed by atoms with E-state index in [1.165, 1.54) is 0 Å². The van der Waals surface area contributed by atoms with Crippen molar-refractivity contribution in [1.29, 1.82) is 0 Å². The first-order chi connectivity index (χ1) is 8.16. The minimum Gasteiger partial charge on any atom is -0.503 e. The van der Waals surface area contributed by atoms with Crippen LogP contribution in [-0.4, -0.2) is 5.11 Å². The van der Waals surface area contributed by atoms with E-state index in [1.54, 1.807) is 30.3 Å². The van der Waals surface area contributed by atoms with Crippen LogP contribution in [-0.2, 0) is 0 Å². The molecule has 0 unspecified atom stereocenters. The van der Waals surface area contributed by atoms with Crippen molar-refractivity contribution in [3.8, 4) is 5.75 Å².